The van der Waals surface area contributed by atoms with Gasteiger partial charge in [0.15, 0.2) is 11.5 Å². The van der Waals surface area contributed by atoms with E-state index in [9.17, 15) is 0 Å². The highest BCUT2D eigenvalue weighted by atomic mass is 16.7. The minimum absolute atomic E-state index is 0.341. The summed E-state index contributed by atoms with van der Waals surface area (Å²) in [5.41, 5.74) is 2.54. The van der Waals surface area contributed by atoms with Gasteiger partial charge in [-0.05, 0) is 49.7 Å². The minimum atomic E-state index is 0.341. The third-order valence-corrected chi connectivity index (χ3v) is 6.62. The Kier molecular flexibility index (Phi) is 5.69. The molecule has 160 valence electrons. The zero-order valence-corrected chi connectivity index (χ0v) is 17.8. The van der Waals surface area contributed by atoms with Crippen LogP contribution < -0.4 is 19.1 Å². The number of fused-ring (bicyclic) bond motifs is 1. The molecular weight excluding hydrogens is 378 g/mol. The van der Waals surface area contributed by atoms with Gasteiger partial charge in [0.2, 0.25) is 6.79 Å². The topological polar surface area (TPSA) is 37.4 Å². The number of rotatable bonds is 5. The van der Waals surface area contributed by atoms with Crippen LogP contribution >= 0.6 is 0 Å². The molecule has 0 bridgehead atoms. The molecule has 1 atom stereocenters. The van der Waals surface area contributed by atoms with E-state index in [1.807, 2.05) is 6.07 Å². The van der Waals surface area contributed by atoms with E-state index in [2.05, 4.69) is 51.1 Å². The standard InChI is InChI=1S/C24H31N3O3/c1-28-22-9-7-20(8-10-22)26-12-14-27(15-13-26)21-5-3-11-25(17-21)16-19-4-2-6-23-24(19)30-18-29-23/h2,4,6-10,21H,3,5,11-18H2,1H3/t21-/m1/s1. The highest BCUT2D eigenvalue weighted by molar-refractivity contribution is 5.49. The van der Waals surface area contributed by atoms with E-state index in [4.69, 9.17) is 14.2 Å². The Balaban J connectivity index is 1.16. The molecule has 0 saturated carbocycles. The summed E-state index contributed by atoms with van der Waals surface area (Å²) in [6.45, 7) is 7.99. The predicted octanol–water partition coefficient (Wildman–Crippen LogP) is 3.21. The normalized spacial score (nSPS) is 22.3. The van der Waals surface area contributed by atoms with Crippen LogP contribution in [0.25, 0.3) is 0 Å². The van der Waals surface area contributed by atoms with Crippen molar-refractivity contribution >= 4 is 5.69 Å². The Morgan fingerprint density at radius 1 is 0.967 bits per heavy atom. The largest absolute Gasteiger partial charge is 0.497 e. The van der Waals surface area contributed by atoms with Crippen LogP contribution in [-0.4, -0.2) is 69.0 Å². The molecule has 2 fully saturated rings. The number of para-hydroxylation sites is 1. The summed E-state index contributed by atoms with van der Waals surface area (Å²) in [5, 5.41) is 0. The molecule has 6 heteroatoms. The molecule has 0 radical (unpaired) electrons. The number of ether oxygens (including phenoxy) is 3. The van der Waals surface area contributed by atoms with Gasteiger partial charge in [0.05, 0.1) is 7.11 Å². The van der Waals surface area contributed by atoms with Gasteiger partial charge in [0.25, 0.3) is 0 Å². The number of anilines is 1. The van der Waals surface area contributed by atoms with E-state index < -0.39 is 0 Å². The molecule has 2 aromatic rings. The molecule has 3 aliphatic rings. The van der Waals surface area contributed by atoms with Crippen LogP contribution in [-0.2, 0) is 6.54 Å². The van der Waals surface area contributed by atoms with Crippen molar-refractivity contribution in [3.8, 4) is 17.2 Å². The van der Waals surface area contributed by atoms with E-state index in [0.717, 1.165) is 63.1 Å². The number of piperazine rings is 1. The second-order valence-electron chi connectivity index (χ2n) is 8.40. The molecule has 0 aliphatic carbocycles. The van der Waals surface area contributed by atoms with Crippen LogP contribution in [0.15, 0.2) is 42.5 Å². The average Bonchev–Trinajstić information content (AvgIpc) is 3.30. The van der Waals surface area contributed by atoms with E-state index in [0.29, 0.717) is 12.8 Å². The lowest BCUT2D eigenvalue weighted by molar-refractivity contribution is 0.0880. The molecule has 3 heterocycles. The number of hydrogen-bond donors (Lipinski definition) is 0. The maximum Gasteiger partial charge on any atom is 0.231 e. The molecule has 0 unspecified atom stereocenters. The van der Waals surface area contributed by atoms with Crippen molar-refractivity contribution in [3.05, 3.63) is 48.0 Å². The first kappa shape index (κ1) is 19.5. The Morgan fingerprint density at radius 2 is 1.80 bits per heavy atom. The van der Waals surface area contributed by atoms with Crippen molar-refractivity contribution < 1.29 is 14.2 Å². The first-order valence-electron chi connectivity index (χ1n) is 11.0. The number of hydrogen-bond acceptors (Lipinski definition) is 6. The number of piperidine rings is 1. The van der Waals surface area contributed by atoms with Crippen LogP contribution in [0, 0.1) is 0 Å². The molecule has 5 rings (SSSR count). The van der Waals surface area contributed by atoms with E-state index in [-0.39, 0.29) is 0 Å². The van der Waals surface area contributed by atoms with Gasteiger partial charge in [-0.2, -0.15) is 0 Å². The van der Waals surface area contributed by atoms with Crippen LogP contribution in [0.1, 0.15) is 18.4 Å². The molecule has 0 amide bonds. The van der Waals surface area contributed by atoms with Gasteiger partial charge in [0.1, 0.15) is 5.75 Å². The van der Waals surface area contributed by atoms with Gasteiger partial charge in [-0.15, -0.1) is 0 Å². The van der Waals surface area contributed by atoms with Crippen LogP contribution in [0.4, 0.5) is 5.69 Å². The summed E-state index contributed by atoms with van der Waals surface area (Å²) in [5.74, 6) is 2.74. The number of methoxy groups -OCH3 is 1. The van der Waals surface area contributed by atoms with Gasteiger partial charge >= 0.3 is 0 Å². The zero-order valence-electron chi connectivity index (χ0n) is 17.8. The first-order chi connectivity index (χ1) is 14.8. The molecular formula is C24H31N3O3. The molecule has 0 spiro atoms. The lowest BCUT2D eigenvalue weighted by atomic mass is 10.0. The van der Waals surface area contributed by atoms with E-state index in [1.165, 1.54) is 24.1 Å². The quantitative estimate of drug-likeness (QED) is 0.755. The number of nitrogens with zero attached hydrogens (tertiary/aromatic N) is 3. The summed E-state index contributed by atoms with van der Waals surface area (Å²) < 4.78 is 16.5. The van der Waals surface area contributed by atoms with E-state index in [1.54, 1.807) is 7.11 Å². The molecule has 6 nitrogen and oxygen atoms in total. The van der Waals surface area contributed by atoms with Gasteiger partial charge in [-0.25, -0.2) is 0 Å². The third kappa shape index (κ3) is 4.07. The van der Waals surface area contributed by atoms with Crippen molar-refractivity contribution in [2.24, 2.45) is 0 Å². The summed E-state index contributed by atoms with van der Waals surface area (Å²) in [6, 6.07) is 15.3. The summed E-state index contributed by atoms with van der Waals surface area (Å²) in [4.78, 5) is 7.77. The Bertz CT molecular complexity index is 849. The van der Waals surface area contributed by atoms with Crippen LogP contribution in [0.5, 0.6) is 17.2 Å². The molecule has 3 aliphatic heterocycles. The average molecular weight is 410 g/mol. The lowest BCUT2D eigenvalue weighted by Crippen LogP contribution is -2.55. The Labute approximate surface area is 178 Å². The maximum atomic E-state index is 5.71. The SMILES string of the molecule is COc1ccc(N2CCN([C@@H]3CCCN(Cc4cccc5c4OCO5)C3)CC2)cc1. The Morgan fingerprint density at radius 3 is 2.60 bits per heavy atom. The monoisotopic (exact) mass is 409 g/mol. The fraction of sp³-hybridized carbons (Fsp3) is 0.500. The predicted molar refractivity (Wildman–Crippen MR) is 118 cm³/mol. The van der Waals surface area contributed by atoms with Crippen molar-refractivity contribution in [2.75, 3.05) is 58.1 Å². The smallest absolute Gasteiger partial charge is 0.231 e. The summed E-state index contributed by atoms with van der Waals surface area (Å²) in [7, 11) is 1.72. The molecule has 0 aromatic heterocycles. The highest BCUT2D eigenvalue weighted by Crippen LogP contribution is 2.36. The van der Waals surface area contributed by atoms with E-state index >= 15 is 0 Å². The van der Waals surface area contributed by atoms with Crippen molar-refractivity contribution in [1.29, 1.82) is 0 Å². The van der Waals surface area contributed by atoms with Crippen LogP contribution in [0.2, 0.25) is 0 Å². The van der Waals surface area contributed by atoms with Crippen molar-refractivity contribution in [3.63, 3.8) is 0 Å². The Hall–Kier alpha value is -2.44. The molecule has 2 saturated heterocycles. The van der Waals surface area contributed by atoms with Gasteiger partial charge < -0.3 is 19.1 Å². The maximum absolute atomic E-state index is 5.71. The van der Waals surface area contributed by atoms with Crippen molar-refractivity contribution in [1.82, 2.24) is 9.80 Å². The number of likely N-dealkylation sites (tertiary alicyclic amines) is 1. The van der Waals surface area contributed by atoms with Gasteiger partial charge in [0, 0.05) is 56.6 Å². The highest BCUT2D eigenvalue weighted by Gasteiger charge is 2.29. The molecule has 30 heavy (non-hydrogen) atoms. The lowest BCUT2D eigenvalue weighted by Gasteiger charge is -2.44. The summed E-state index contributed by atoms with van der Waals surface area (Å²) in [6.07, 6.45) is 2.56. The molecule has 0 N–H and O–H groups in total. The zero-order chi connectivity index (χ0) is 20.3. The second kappa shape index (κ2) is 8.74. The van der Waals surface area contributed by atoms with Crippen molar-refractivity contribution in [2.45, 2.75) is 25.4 Å². The molecule has 2 aromatic carbocycles. The second-order valence-corrected chi connectivity index (χ2v) is 8.40. The summed E-state index contributed by atoms with van der Waals surface area (Å²) >= 11 is 0. The third-order valence-electron chi connectivity index (χ3n) is 6.62. The van der Waals surface area contributed by atoms with Crippen LogP contribution in [0.3, 0.4) is 0 Å². The van der Waals surface area contributed by atoms with Gasteiger partial charge in [-0.1, -0.05) is 12.1 Å². The van der Waals surface area contributed by atoms with Gasteiger partial charge in [-0.3, -0.25) is 9.80 Å². The number of benzene rings is 2. The minimum Gasteiger partial charge on any atom is -0.497 e. The first-order valence-corrected chi connectivity index (χ1v) is 11.0. The fourth-order valence-corrected chi connectivity index (χ4v) is 4.97. The fourth-order valence-electron chi connectivity index (χ4n) is 4.97.